The van der Waals surface area contributed by atoms with E-state index >= 15 is 0 Å². The number of imidazole rings is 2. The second-order valence-electron chi connectivity index (χ2n) is 18.3. The van der Waals surface area contributed by atoms with Gasteiger partial charge in [-0.1, -0.05) is 35.3 Å². The zero-order valence-electron chi connectivity index (χ0n) is 42.2. The lowest BCUT2D eigenvalue weighted by Gasteiger charge is -2.35. The van der Waals surface area contributed by atoms with Crippen LogP contribution in [0.4, 0.5) is 16.6 Å². The molecule has 0 aliphatic carbocycles. The van der Waals surface area contributed by atoms with Crippen LogP contribution in [0.2, 0.25) is 0 Å². The van der Waals surface area contributed by atoms with E-state index in [-0.39, 0.29) is 40.6 Å². The molecule has 13 N–H and O–H groups in total. The number of carbonyl (C=O) groups excluding carboxylic acids is 1. The Bertz CT molecular complexity index is 3720. The number of H-pyrrole nitrogens is 2. The van der Waals surface area contributed by atoms with Gasteiger partial charge in [0.15, 0.2) is 30.2 Å². The predicted octanol–water partition coefficient (Wildman–Crippen LogP) is -3.26. The number of hydrogen-bond donors (Lipinski definition) is 11. The number of aliphatic hydroxyl groups excluding tert-OH is 3. The smallest absolute Gasteiger partial charge is 0.490 e. The second kappa shape index (κ2) is 23.9. The van der Waals surface area contributed by atoms with Crippen molar-refractivity contribution in [1.29, 1.82) is 0 Å². The van der Waals surface area contributed by atoms with Gasteiger partial charge < -0.3 is 84.5 Å². The van der Waals surface area contributed by atoms with Crippen LogP contribution < -0.4 is 43.1 Å². The number of ether oxygens (including phenoxy) is 5. The lowest BCUT2D eigenvalue weighted by atomic mass is 9.99. The van der Waals surface area contributed by atoms with Gasteiger partial charge in [0.05, 0.1) is 57.0 Å². The first-order valence-corrected chi connectivity index (χ1v) is 29.9. The number of hydrogen-bond acceptors (Lipinski definition) is 28. The van der Waals surface area contributed by atoms with Crippen LogP contribution in [0.25, 0.3) is 22.3 Å². The molecule has 3 saturated heterocycles. The number of fused-ring (bicyclic) bond motifs is 2. The maximum atomic E-state index is 14.3. The average molecular weight is 1240 g/mol. The first-order chi connectivity index (χ1) is 38.7. The van der Waals surface area contributed by atoms with Gasteiger partial charge in [0.25, 0.3) is 17.1 Å². The number of aliphatic hydroxyl groups is 3. The molecule has 16 atom stereocenters. The van der Waals surface area contributed by atoms with E-state index in [4.69, 9.17) is 48.7 Å². The van der Waals surface area contributed by atoms with Crippen molar-refractivity contribution in [2.45, 2.75) is 73.6 Å². The molecule has 446 valence electrons. The van der Waals surface area contributed by atoms with Gasteiger partial charge in [0, 0.05) is 25.9 Å². The van der Waals surface area contributed by atoms with Gasteiger partial charge in [0.1, 0.15) is 56.6 Å². The van der Waals surface area contributed by atoms with Crippen LogP contribution >= 0.6 is 31.1 Å². The van der Waals surface area contributed by atoms with Crippen LogP contribution in [0.15, 0.2) is 76.0 Å². The fourth-order valence-electron chi connectivity index (χ4n) is 9.26. The molecule has 0 radical (unpaired) electrons. The van der Waals surface area contributed by atoms with E-state index in [0.717, 1.165) is 36.6 Å². The Hall–Kier alpha value is -6.05. The number of anilines is 2. The number of carbonyl (C=O) groups is 1. The molecule has 3 aliphatic heterocycles. The van der Waals surface area contributed by atoms with Crippen LogP contribution in [-0.4, -0.2) is 162 Å². The normalized spacial score (nSPS) is 28.6. The monoisotopic (exact) mass is 1240 g/mol. The standard InChI is InChI=1S/C40H51N13O25P4/c1-50-17-53(33-25(50)34(58)49-38(42)48-33)35-26(55)19(11-70-40(60)43-10-18-6-4-3-5-7-18)20(74-35)12-72-80(63,64)77-82(67,68)78-81(65,66)73-14-22-30(29(69-2)37(76-22)52-16-46-24-31(41)44-15-45-32(24)52)79(61,62)71-13-21-27(56)28(57)36(75-21)51-9-8-23(54)47-39(51)59/h3-9,15-17,19-22,26-30,35-37,55-57H,10-14H2,1-2H3,(H10-,41,42,43,44,45,47,48,49,54,58,59,60,61,62,63,64,65,66,67,68)/t19-,20-,21-,22-,26-,27-,28-,29-,30-,35-,36-,37-/m1/s1. The molecular formula is C40H51N13O25P4. The Balaban J connectivity index is 0.886. The second-order valence-corrected chi connectivity index (χ2v) is 24.9. The maximum absolute atomic E-state index is 14.3. The molecule has 42 heteroatoms. The van der Waals surface area contributed by atoms with E-state index in [9.17, 15) is 72.3 Å². The van der Waals surface area contributed by atoms with E-state index in [1.807, 2.05) is 4.98 Å². The number of rotatable bonds is 22. The molecule has 5 aromatic heterocycles. The van der Waals surface area contributed by atoms with Gasteiger partial charge in [-0.05, 0) is 5.56 Å². The molecule has 0 bridgehead atoms. The molecule has 1 aromatic carbocycles. The minimum Gasteiger partial charge on any atom is -0.778 e. The Morgan fingerprint density at radius 1 is 0.817 bits per heavy atom. The van der Waals surface area contributed by atoms with Gasteiger partial charge in [-0.15, -0.1) is 0 Å². The number of nitrogens with two attached hydrogens (primary N) is 2. The van der Waals surface area contributed by atoms with Crippen molar-refractivity contribution in [1.82, 2.24) is 48.9 Å². The van der Waals surface area contributed by atoms with E-state index in [1.54, 1.807) is 30.3 Å². The number of nitrogens with zero attached hydrogens (tertiary/aromatic N) is 8. The molecule has 0 saturated carbocycles. The molecule has 9 rings (SSSR count). The summed E-state index contributed by atoms with van der Waals surface area (Å²) in [7, 11) is -21.4. The minimum atomic E-state index is -6.30. The number of aromatic nitrogens is 10. The Morgan fingerprint density at radius 2 is 1.49 bits per heavy atom. The summed E-state index contributed by atoms with van der Waals surface area (Å²) in [6, 6.07) is 9.56. The zero-order valence-corrected chi connectivity index (χ0v) is 45.8. The fourth-order valence-corrected chi connectivity index (χ4v) is 14.5. The van der Waals surface area contributed by atoms with Gasteiger partial charge in [-0.3, -0.25) is 42.3 Å². The number of phosphoric acid groups is 3. The van der Waals surface area contributed by atoms with Gasteiger partial charge in [-0.25, -0.2) is 42.8 Å². The van der Waals surface area contributed by atoms with Crippen LogP contribution in [0.1, 0.15) is 24.2 Å². The third-order valence-electron chi connectivity index (χ3n) is 13.0. The number of phosphoric ester groups is 2. The summed E-state index contributed by atoms with van der Waals surface area (Å²) < 4.78 is 111. The molecule has 82 heavy (non-hydrogen) atoms. The number of nitrogens with one attached hydrogen (secondary N) is 3. The van der Waals surface area contributed by atoms with Gasteiger partial charge >= 0.3 is 40.9 Å². The van der Waals surface area contributed by atoms with Crippen molar-refractivity contribution in [3.8, 4) is 0 Å². The first kappa shape index (κ1) is 60.5. The van der Waals surface area contributed by atoms with Crippen LogP contribution in [0.5, 0.6) is 0 Å². The topological polar surface area (TPSA) is 539 Å². The molecule has 0 spiro atoms. The summed E-state index contributed by atoms with van der Waals surface area (Å²) in [6.07, 6.45) is -13.8. The number of alkyl carbamates (subject to hydrolysis) is 1. The van der Waals surface area contributed by atoms with Crippen molar-refractivity contribution in [3.05, 3.63) is 98.3 Å². The number of benzene rings is 1. The van der Waals surface area contributed by atoms with Crippen molar-refractivity contribution >= 4 is 71.3 Å². The third-order valence-corrected chi connectivity index (χ3v) is 19.1. The molecule has 8 heterocycles. The van der Waals surface area contributed by atoms with Crippen molar-refractivity contribution < 1.29 is 108 Å². The summed E-state index contributed by atoms with van der Waals surface area (Å²) in [5.74, 6) is -1.80. The van der Waals surface area contributed by atoms with E-state index in [1.165, 1.54) is 22.5 Å². The number of amides is 1. The molecule has 38 nitrogen and oxygen atoms in total. The molecular weight excluding hydrogens is 1190 g/mol. The van der Waals surface area contributed by atoms with Crippen molar-refractivity contribution in [2.75, 3.05) is 45.0 Å². The van der Waals surface area contributed by atoms with E-state index in [0.29, 0.717) is 10.1 Å². The Kier molecular flexibility index (Phi) is 17.6. The summed E-state index contributed by atoms with van der Waals surface area (Å²) in [5, 5.41) is 35.6. The maximum Gasteiger partial charge on any atom is 0.490 e. The number of methoxy groups -OCH3 is 1. The molecule has 6 aromatic rings. The number of nitrogen functional groups attached to an aromatic ring is 2. The summed E-state index contributed by atoms with van der Waals surface area (Å²) in [4.78, 5) is 116. The van der Waals surface area contributed by atoms with Gasteiger partial charge in [0.2, 0.25) is 11.7 Å². The van der Waals surface area contributed by atoms with Crippen molar-refractivity contribution in [2.24, 2.45) is 13.0 Å². The third kappa shape index (κ3) is 13.0. The van der Waals surface area contributed by atoms with Crippen LogP contribution in [0.3, 0.4) is 0 Å². The molecule has 1 amide bonds. The Labute approximate surface area is 457 Å². The van der Waals surface area contributed by atoms with E-state index in [2.05, 4.69) is 38.9 Å². The highest BCUT2D eigenvalue weighted by Gasteiger charge is 2.55. The summed E-state index contributed by atoms with van der Waals surface area (Å²) >= 11 is 0. The molecule has 4 unspecified atom stereocenters. The fraction of sp³-hybridized carbons (Fsp3) is 0.475. The SMILES string of the molecule is CO[C@@H]1[C@H](P(=O)([O-])OC[C@H]2O[C@@H](n3ccc(=O)[nH]c3=O)[C@H](O)[C@@H]2O)[C@@H](COP(=O)(O)OP(=O)(O)OP(=O)(O)OC[C@H]2O[C@@H]([n+]3cn(C)c4c(=O)[nH]c(N)nc43)[C@H](O)[C@@H]2COC(=O)NCc2ccccc2)O[C@H]1n1cnc2c(N)ncnc21. The minimum absolute atomic E-state index is 0.00539. The number of aryl methyl sites for hydroxylation is 1. The molecule has 3 aliphatic rings. The predicted molar refractivity (Wildman–Crippen MR) is 267 cm³/mol. The lowest BCUT2D eigenvalue weighted by molar-refractivity contribution is -0.745. The highest BCUT2D eigenvalue weighted by Crippen LogP contribution is 2.68. The highest BCUT2D eigenvalue weighted by molar-refractivity contribution is 7.66. The Morgan fingerprint density at radius 3 is 2.17 bits per heavy atom. The largest absolute Gasteiger partial charge is 0.778 e. The quantitative estimate of drug-likeness (QED) is 0.0235. The zero-order chi connectivity index (χ0) is 59.2. The van der Waals surface area contributed by atoms with Crippen molar-refractivity contribution in [3.63, 3.8) is 0 Å². The molecule has 3 fully saturated rings. The summed E-state index contributed by atoms with van der Waals surface area (Å²) in [6.45, 7) is -4.21. The van der Waals surface area contributed by atoms with Crippen LogP contribution in [-0.2, 0) is 77.7 Å². The highest BCUT2D eigenvalue weighted by atomic mass is 31.3. The first-order valence-electron chi connectivity index (χ1n) is 23.8. The van der Waals surface area contributed by atoms with Gasteiger partial charge in [-0.2, -0.15) is 8.62 Å². The average Bonchev–Trinajstić information content (AvgIpc) is 3.70. The summed E-state index contributed by atoms with van der Waals surface area (Å²) in [5.41, 5.74) is 7.59. The lowest BCUT2D eigenvalue weighted by Crippen LogP contribution is -2.46. The van der Waals surface area contributed by atoms with E-state index < -0.39 is 153 Å². The van der Waals surface area contributed by atoms with Crippen LogP contribution in [0, 0.1) is 5.92 Å². The number of aromatic amines is 2.